The first kappa shape index (κ1) is 16.0. The zero-order chi connectivity index (χ0) is 15.5. The lowest BCUT2D eigenvalue weighted by Gasteiger charge is -2.39. The molecule has 0 aliphatic heterocycles. The van der Waals surface area contributed by atoms with Gasteiger partial charge in [0.05, 0.1) is 5.41 Å². The zero-order valence-electron chi connectivity index (χ0n) is 12.7. The Morgan fingerprint density at radius 1 is 1.38 bits per heavy atom. The number of carboxylic acids is 1. The highest BCUT2D eigenvalue weighted by Crippen LogP contribution is 2.37. The van der Waals surface area contributed by atoms with Crippen LogP contribution in [0.15, 0.2) is 24.3 Å². The second-order valence-corrected chi connectivity index (χ2v) is 6.09. The molecule has 0 bridgehead atoms. The summed E-state index contributed by atoms with van der Waals surface area (Å²) in [7, 11) is 0. The molecule has 0 saturated heterocycles. The van der Waals surface area contributed by atoms with Crippen LogP contribution in [0, 0.1) is 11.2 Å². The molecule has 3 nitrogen and oxygen atoms in total. The molecule has 1 aromatic rings. The van der Waals surface area contributed by atoms with Crippen molar-refractivity contribution >= 4 is 5.97 Å². The number of carboxylic acid groups (broad SMARTS) is 1. The largest absolute Gasteiger partial charge is 0.481 e. The maximum Gasteiger partial charge on any atom is 0.310 e. The molecule has 2 rings (SSSR count). The Bertz CT molecular complexity index is 493. The molecule has 0 spiro atoms. The number of carbonyl (C=O) groups is 1. The summed E-state index contributed by atoms with van der Waals surface area (Å²) < 4.78 is 13.2. The van der Waals surface area contributed by atoms with Crippen molar-refractivity contribution in [1.29, 1.82) is 0 Å². The van der Waals surface area contributed by atoms with E-state index in [4.69, 9.17) is 0 Å². The van der Waals surface area contributed by atoms with E-state index < -0.39 is 11.4 Å². The number of benzene rings is 1. The van der Waals surface area contributed by atoms with Crippen molar-refractivity contribution in [2.45, 2.75) is 51.5 Å². The van der Waals surface area contributed by atoms with Gasteiger partial charge in [-0.1, -0.05) is 26.0 Å². The van der Waals surface area contributed by atoms with Gasteiger partial charge in [-0.2, -0.15) is 0 Å². The highest BCUT2D eigenvalue weighted by atomic mass is 19.1. The topological polar surface area (TPSA) is 49.3 Å². The van der Waals surface area contributed by atoms with Crippen LogP contribution in [0.4, 0.5) is 4.39 Å². The SMILES string of the molecule is CCC(CC)(CNC1CC(c2cccc(F)c2)C1)C(=O)O. The average molecular weight is 293 g/mol. The van der Waals surface area contributed by atoms with Crippen LogP contribution in [0.5, 0.6) is 0 Å². The van der Waals surface area contributed by atoms with Crippen LogP contribution in [0.1, 0.15) is 51.0 Å². The van der Waals surface area contributed by atoms with Gasteiger partial charge < -0.3 is 10.4 Å². The molecule has 1 aliphatic carbocycles. The van der Waals surface area contributed by atoms with Crippen LogP contribution >= 0.6 is 0 Å². The van der Waals surface area contributed by atoms with Gasteiger partial charge in [-0.15, -0.1) is 0 Å². The van der Waals surface area contributed by atoms with Crippen molar-refractivity contribution in [1.82, 2.24) is 5.32 Å². The Morgan fingerprint density at radius 3 is 2.57 bits per heavy atom. The lowest BCUT2D eigenvalue weighted by atomic mass is 9.75. The molecule has 2 N–H and O–H groups in total. The van der Waals surface area contributed by atoms with Crippen LogP contribution in [0.25, 0.3) is 0 Å². The van der Waals surface area contributed by atoms with E-state index in [2.05, 4.69) is 5.32 Å². The molecule has 1 fully saturated rings. The summed E-state index contributed by atoms with van der Waals surface area (Å²) in [5.74, 6) is -0.521. The first-order valence-electron chi connectivity index (χ1n) is 7.73. The Balaban J connectivity index is 1.84. The number of rotatable bonds is 7. The van der Waals surface area contributed by atoms with Crippen molar-refractivity contribution in [3.05, 3.63) is 35.6 Å². The van der Waals surface area contributed by atoms with Crippen LogP contribution in [0.2, 0.25) is 0 Å². The minimum Gasteiger partial charge on any atom is -0.481 e. The maximum atomic E-state index is 13.2. The van der Waals surface area contributed by atoms with E-state index in [1.807, 2.05) is 19.9 Å². The van der Waals surface area contributed by atoms with Crippen molar-refractivity contribution in [3.8, 4) is 0 Å². The van der Waals surface area contributed by atoms with Crippen LogP contribution in [-0.2, 0) is 4.79 Å². The van der Waals surface area contributed by atoms with E-state index in [1.165, 1.54) is 6.07 Å². The highest BCUT2D eigenvalue weighted by Gasteiger charge is 2.37. The second-order valence-electron chi connectivity index (χ2n) is 6.09. The monoisotopic (exact) mass is 293 g/mol. The number of halogens is 1. The third-order valence-corrected chi connectivity index (χ3v) is 4.99. The molecule has 4 heteroatoms. The van der Waals surface area contributed by atoms with Crippen molar-refractivity contribution in [2.24, 2.45) is 5.41 Å². The number of hydrogen-bond donors (Lipinski definition) is 2. The van der Waals surface area contributed by atoms with E-state index >= 15 is 0 Å². The zero-order valence-corrected chi connectivity index (χ0v) is 12.7. The number of aliphatic carboxylic acids is 1. The van der Waals surface area contributed by atoms with E-state index in [0.29, 0.717) is 31.3 Å². The minimum atomic E-state index is -0.721. The molecule has 0 radical (unpaired) electrons. The lowest BCUT2D eigenvalue weighted by molar-refractivity contribution is -0.149. The highest BCUT2D eigenvalue weighted by molar-refractivity contribution is 5.74. The molecule has 0 unspecified atom stereocenters. The third-order valence-electron chi connectivity index (χ3n) is 4.99. The van der Waals surface area contributed by atoms with Crippen LogP contribution < -0.4 is 5.32 Å². The predicted octanol–water partition coefficient (Wildman–Crippen LogP) is 3.55. The fourth-order valence-corrected chi connectivity index (χ4v) is 3.03. The molecule has 0 atom stereocenters. The van der Waals surface area contributed by atoms with Crippen LogP contribution in [0.3, 0.4) is 0 Å². The third kappa shape index (κ3) is 3.43. The Kier molecular flexibility index (Phi) is 4.99. The quantitative estimate of drug-likeness (QED) is 0.808. The first-order valence-corrected chi connectivity index (χ1v) is 7.73. The Labute approximate surface area is 125 Å². The van der Waals surface area contributed by atoms with E-state index in [1.54, 1.807) is 12.1 Å². The molecule has 1 aromatic carbocycles. The Hall–Kier alpha value is -1.42. The molecule has 1 saturated carbocycles. The van der Waals surface area contributed by atoms with Crippen molar-refractivity contribution in [3.63, 3.8) is 0 Å². The summed E-state index contributed by atoms with van der Waals surface area (Å²) in [5.41, 5.74) is 0.382. The van der Waals surface area contributed by atoms with Gasteiger partial charge in [-0.3, -0.25) is 4.79 Å². The van der Waals surface area contributed by atoms with Crippen molar-refractivity contribution < 1.29 is 14.3 Å². The van der Waals surface area contributed by atoms with Gasteiger partial charge in [0.25, 0.3) is 0 Å². The van der Waals surface area contributed by atoms with Gasteiger partial charge in [0, 0.05) is 12.6 Å². The van der Waals surface area contributed by atoms with Gasteiger partial charge >= 0.3 is 5.97 Å². The number of hydrogen-bond acceptors (Lipinski definition) is 2. The molecular formula is C17H24FNO2. The summed E-state index contributed by atoms with van der Waals surface area (Å²) in [6.07, 6.45) is 3.16. The fraction of sp³-hybridized carbons (Fsp3) is 0.588. The van der Waals surface area contributed by atoms with Gasteiger partial charge in [0.1, 0.15) is 5.82 Å². The molecule has 0 amide bonds. The second kappa shape index (κ2) is 6.56. The predicted molar refractivity (Wildman–Crippen MR) is 80.8 cm³/mol. The Morgan fingerprint density at radius 2 is 2.05 bits per heavy atom. The summed E-state index contributed by atoms with van der Waals surface area (Å²) in [5, 5.41) is 12.8. The van der Waals surface area contributed by atoms with Crippen molar-refractivity contribution in [2.75, 3.05) is 6.54 Å². The summed E-state index contributed by atoms with van der Waals surface area (Å²) in [6, 6.07) is 7.11. The normalized spacial score (nSPS) is 21.9. The molecular weight excluding hydrogens is 269 g/mol. The summed E-state index contributed by atoms with van der Waals surface area (Å²) in [4.78, 5) is 11.4. The van der Waals surface area contributed by atoms with Crippen LogP contribution in [-0.4, -0.2) is 23.7 Å². The number of nitrogens with one attached hydrogen (secondary N) is 1. The first-order chi connectivity index (χ1) is 10.0. The van der Waals surface area contributed by atoms with E-state index in [-0.39, 0.29) is 5.82 Å². The van der Waals surface area contributed by atoms with Gasteiger partial charge in [0.2, 0.25) is 0 Å². The molecule has 0 aromatic heterocycles. The fourth-order valence-electron chi connectivity index (χ4n) is 3.03. The van der Waals surface area contributed by atoms with Gasteiger partial charge in [-0.25, -0.2) is 4.39 Å². The molecule has 0 heterocycles. The minimum absolute atomic E-state index is 0.189. The lowest BCUT2D eigenvalue weighted by Crippen LogP contribution is -2.48. The summed E-state index contributed by atoms with van der Waals surface area (Å²) in [6.45, 7) is 4.36. The van der Waals surface area contributed by atoms with Gasteiger partial charge in [0.15, 0.2) is 0 Å². The molecule has 1 aliphatic rings. The van der Waals surface area contributed by atoms with E-state index in [9.17, 15) is 14.3 Å². The average Bonchev–Trinajstić information content (AvgIpc) is 2.41. The molecule has 116 valence electrons. The molecule has 21 heavy (non-hydrogen) atoms. The van der Waals surface area contributed by atoms with E-state index in [0.717, 1.165) is 18.4 Å². The smallest absolute Gasteiger partial charge is 0.310 e. The standard InChI is InChI=1S/C17H24FNO2/c1-3-17(4-2,16(20)21)11-19-15-9-13(10-15)12-6-5-7-14(18)8-12/h5-8,13,15,19H,3-4,9-11H2,1-2H3,(H,20,21). The maximum absolute atomic E-state index is 13.2. The van der Waals surface area contributed by atoms with Gasteiger partial charge in [-0.05, 0) is 49.3 Å². The summed E-state index contributed by atoms with van der Waals surface area (Å²) >= 11 is 0.